The fourth-order valence-corrected chi connectivity index (χ4v) is 4.22. The molecule has 3 rings (SSSR count). The van der Waals surface area contributed by atoms with Crippen LogP contribution in [0.1, 0.15) is 5.56 Å². The Hall–Kier alpha value is -2.60. The van der Waals surface area contributed by atoms with Gasteiger partial charge in [0, 0.05) is 5.69 Å². The van der Waals surface area contributed by atoms with E-state index in [0.717, 1.165) is 9.87 Å². The number of rotatable bonds is 4. The summed E-state index contributed by atoms with van der Waals surface area (Å²) in [5.74, 6) is 0. The minimum Gasteiger partial charge on any atom is -0.291 e. The van der Waals surface area contributed by atoms with Gasteiger partial charge in [-0.1, -0.05) is 42.0 Å². The summed E-state index contributed by atoms with van der Waals surface area (Å²) in [6.45, 7) is 5.82. The topological polar surface area (TPSA) is 57.7 Å². The molecular weight excluding hydrogens is 324 g/mol. The van der Waals surface area contributed by atoms with Crippen molar-refractivity contribution in [2.24, 2.45) is 0 Å². The maximum absolute atomic E-state index is 12.9. The lowest BCUT2D eigenvalue weighted by Crippen LogP contribution is -2.39. The summed E-state index contributed by atoms with van der Waals surface area (Å²) in [5.41, 5.74) is 1.61. The average Bonchev–Trinajstić information content (AvgIpc) is 2.93. The van der Waals surface area contributed by atoms with Crippen LogP contribution in [-0.4, -0.2) is 31.3 Å². The Balaban J connectivity index is 2.01. The number of nitrogens with zero attached hydrogens (tertiary/aromatic N) is 2. The van der Waals surface area contributed by atoms with Gasteiger partial charge in [-0.2, -0.15) is 0 Å². The van der Waals surface area contributed by atoms with Crippen LogP contribution in [0.3, 0.4) is 0 Å². The summed E-state index contributed by atoms with van der Waals surface area (Å²) in [6.07, 6.45) is 1.49. The van der Waals surface area contributed by atoms with E-state index in [2.05, 4.69) is 6.58 Å². The van der Waals surface area contributed by atoms with E-state index < -0.39 is 22.1 Å². The number of para-hydroxylation sites is 1. The first-order chi connectivity index (χ1) is 11.4. The summed E-state index contributed by atoms with van der Waals surface area (Å²) in [6, 6.07) is 14.3. The zero-order valence-electron chi connectivity index (χ0n) is 13.3. The molecule has 0 spiro atoms. The van der Waals surface area contributed by atoms with E-state index in [0.29, 0.717) is 5.69 Å². The van der Waals surface area contributed by atoms with Crippen LogP contribution in [-0.2, 0) is 10.0 Å². The summed E-state index contributed by atoms with van der Waals surface area (Å²) in [5, 5.41) is 0. The monoisotopic (exact) mass is 342 g/mol. The number of hydrogen-bond acceptors (Lipinski definition) is 3. The van der Waals surface area contributed by atoms with Gasteiger partial charge in [0.25, 0.3) is 10.0 Å². The number of benzene rings is 2. The summed E-state index contributed by atoms with van der Waals surface area (Å²) in [4.78, 5) is 14.3. The molecular formula is C18H18N2O3S. The zero-order chi connectivity index (χ0) is 17.3. The molecule has 0 aliphatic carbocycles. The van der Waals surface area contributed by atoms with Crippen LogP contribution in [0.25, 0.3) is 0 Å². The molecule has 0 saturated carbocycles. The predicted octanol–water partition coefficient (Wildman–Crippen LogP) is 3.18. The molecule has 0 aromatic heterocycles. The molecule has 2 amide bonds. The van der Waals surface area contributed by atoms with Crippen molar-refractivity contribution >= 4 is 21.7 Å². The van der Waals surface area contributed by atoms with Gasteiger partial charge in [-0.3, -0.25) is 4.90 Å². The van der Waals surface area contributed by atoms with Crippen molar-refractivity contribution in [3.63, 3.8) is 0 Å². The van der Waals surface area contributed by atoms with Crippen molar-refractivity contribution in [3.8, 4) is 0 Å². The molecule has 1 aliphatic heterocycles. The Bertz CT molecular complexity index is 861. The zero-order valence-corrected chi connectivity index (χ0v) is 14.1. The minimum atomic E-state index is -3.94. The fraction of sp³-hybridized carbons (Fsp3) is 0.167. The minimum absolute atomic E-state index is 0.100. The highest BCUT2D eigenvalue weighted by Gasteiger charge is 2.44. The third-order valence-electron chi connectivity index (χ3n) is 4.01. The Kier molecular flexibility index (Phi) is 4.15. The normalized spacial score (nSPS) is 18.0. The van der Waals surface area contributed by atoms with E-state index in [1.807, 2.05) is 25.1 Å². The lowest BCUT2D eigenvalue weighted by molar-refractivity contribution is 0.236. The third kappa shape index (κ3) is 2.69. The van der Waals surface area contributed by atoms with Gasteiger partial charge in [0.15, 0.2) is 0 Å². The van der Waals surface area contributed by atoms with Crippen molar-refractivity contribution in [3.05, 3.63) is 72.8 Å². The number of carbonyl (C=O) groups is 1. The van der Waals surface area contributed by atoms with Crippen LogP contribution in [0, 0.1) is 6.92 Å². The fourth-order valence-electron chi connectivity index (χ4n) is 2.70. The number of anilines is 1. The lowest BCUT2D eigenvalue weighted by atomic mass is 10.2. The Morgan fingerprint density at radius 1 is 1.08 bits per heavy atom. The molecule has 2 aromatic rings. The second kappa shape index (κ2) is 6.13. The molecule has 6 heteroatoms. The van der Waals surface area contributed by atoms with E-state index in [-0.39, 0.29) is 11.4 Å². The number of amides is 2. The average molecular weight is 342 g/mol. The SMILES string of the molecule is C=CC1CN(c2ccccc2)C(=O)N1S(=O)(=O)c1ccc(C)cc1. The van der Waals surface area contributed by atoms with Crippen LogP contribution in [0.15, 0.2) is 72.1 Å². The number of sulfonamides is 1. The summed E-state index contributed by atoms with van der Waals surface area (Å²) < 4.78 is 26.8. The summed E-state index contributed by atoms with van der Waals surface area (Å²) >= 11 is 0. The van der Waals surface area contributed by atoms with Crippen LogP contribution in [0.5, 0.6) is 0 Å². The van der Waals surface area contributed by atoms with Gasteiger partial charge in [-0.15, -0.1) is 6.58 Å². The van der Waals surface area contributed by atoms with E-state index in [9.17, 15) is 13.2 Å². The number of urea groups is 1. The van der Waals surface area contributed by atoms with E-state index in [1.54, 1.807) is 24.3 Å². The molecule has 0 bridgehead atoms. The maximum Gasteiger partial charge on any atom is 0.339 e. The molecule has 0 radical (unpaired) electrons. The molecule has 1 fully saturated rings. The molecule has 2 aromatic carbocycles. The Labute approximate surface area is 141 Å². The molecule has 1 saturated heterocycles. The van der Waals surface area contributed by atoms with Crippen molar-refractivity contribution in [1.82, 2.24) is 4.31 Å². The van der Waals surface area contributed by atoms with Crippen molar-refractivity contribution in [1.29, 1.82) is 0 Å². The maximum atomic E-state index is 12.9. The highest BCUT2D eigenvalue weighted by molar-refractivity contribution is 7.89. The molecule has 0 N–H and O–H groups in total. The molecule has 1 heterocycles. The molecule has 1 unspecified atom stereocenters. The largest absolute Gasteiger partial charge is 0.339 e. The van der Waals surface area contributed by atoms with Crippen LogP contribution >= 0.6 is 0 Å². The van der Waals surface area contributed by atoms with Gasteiger partial charge in [-0.05, 0) is 31.2 Å². The lowest BCUT2D eigenvalue weighted by Gasteiger charge is -2.21. The van der Waals surface area contributed by atoms with Crippen LogP contribution in [0.2, 0.25) is 0 Å². The van der Waals surface area contributed by atoms with Gasteiger partial charge in [-0.25, -0.2) is 17.5 Å². The van der Waals surface area contributed by atoms with Gasteiger partial charge in [0.05, 0.1) is 17.5 Å². The highest BCUT2D eigenvalue weighted by Crippen LogP contribution is 2.29. The second-order valence-electron chi connectivity index (χ2n) is 5.65. The van der Waals surface area contributed by atoms with E-state index >= 15 is 0 Å². The molecule has 124 valence electrons. The third-order valence-corrected chi connectivity index (χ3v) is 5.82. The van der Waals surface area contributed by atoms with Crippen LogP contribution in [0.4, 0.5) is 10.5 Å². The van der Waals surface area contributed by atoms with Gasteiger partial charge in [0.1, 0.15) is 0 Å². The number of aryl methyl sites for hydroxylation is 1. The molecule has 1 aliphatic rings. The smallest absolute Gasteiger partial charge is 0.291 e. The molecule has 5 nitrogen and oxygen atoms in total. The number of carbonyl (C=O) groups excluding carboxylic acids is 1. The Morgan fingerprint density at radius 2 is 1.71 bits per heavy atom. The quantitative estimate of drug-likeness (QED) is 0.802. The van der Waals surface area contributed by atoms with Gasteiger partial charge >= 0.3 is 6.03 Å². The first kappa shape index (κ1) is 16.3. The van der Waals surface area contributed by atoms with Crippen molar-refractivity contribution < 1.29 is 13.2 Å². The summed E-state index contributed by atoms with van der Waals surface area (Å²) in [7, 11) is -3.94. The predicted molar refractivity (Wildman–Crippen MR) is 93.4 cm³/mol. The Morgan fingerprint density at radius 3 is 2.29 bits per heavy atom. The van der Waals surface area contributed by atoms with Gasteiger partial charge in [0.2, 0.25) is 0 Å². The first-order valence-corrected chi connectivity index (χ1v) is 8.99. The molecule has 24 heavy (non-hydrogen) atoms. The van der Waals surface area contributed by atoms with Gasteiger partial charge < -0.3 is 0 Å². The number of hydrogen-bond donors (Lipinski definition) is 0. The standard InChI is InChI=1S/C18H18N2O3S/c1-3-15-13-19(16-7-5-4-6-8-16)18(21)20(15)24(22,23)17-11-9-14(2)10-12-17/h3-12,15H,1,13H2,2H3. The van der Waals surface area contributed by atoms with E-state index in [1.165, 1.54) is 23.1 Å². The second-order valence-corrected chi connectivity index (χ2v) is 7.46. The molecule has 1 atom stereocenters. The van der Waals surface area contributed by atoms with Crippen molar-refractivity contribution in [2.45, 2.75) is 17.9 Å². The first-order valence-electron chi connectivity index (χ1n) is 7.55. The van der Waals surface area contributed by atoms with Crippen molar-refractivity contribution in [2.75, 3.05) is 11.4 Å². The highest BCUT2D eigenvalue weighted by atomic mass is 32.2. The van der Waals surface area contributed by atoms with Crippen LogP contribution < -0.4 is 4.90 Å². The van der Waals surface area contributed by atoms with E-state index in [4.69, 9.17) is 0 Å².